The fraction of sp³-hybridized carbons (Fsp3) is 0.333. The van der Waals surface area contributed by atoms with Crippen molar-refractivity contribution in [1.82, 2.24) is 14.5 Å². The van der Waals surface area contributed by atoms with Crippen molar-refractivity contribution in [2.45, 2.75) is 26.4 Å². The lowest BCUT2D eigenvalue weighted by Crippen LogP contribution is -2.49. The molecule has 1 aromatic carbocycles. The molecule has 1 atom stereocenters. The molecule has 0 unspecified atom stereocenters. The van der Waals surface area contributed by atoms with E-state index in [-0.39, 0.29) is 17.4 Å². The predicted octanol–water partition coefficient (Wildman–Crippen LogP) is 3.19. The van der Waals surface area contributed by atoms with Crippen molar-refractivity contribution in [1.29, 1.82) is 0 Å². The number of pyridine rings is 2. The number of piperazine rings is 1. The molecular weight excluding hydrogens is 376 g/mol. The lowest BCUT2D eigenvalue weighted by molar-refractivity contribution is 0.207. The molecule has 156 valence electrons. The van der Waals surface area contributed by atoms with E-state index in [9.17, 15) is 9.90 Å². The van der Waals surface area contributed by atoms with E-state index >= 15 is 0 Å². The van der Waals surface area contributed by atoms with E-state index in [0.717, 1.165) is 43.3 Å². The van der Waals surface area contributed by atoms with Gasteiger partial charge in [-0.1, -0.05) is 36.4 Å². The number of nitrogens with zero attached hydrogens (tertiary/aromatic N) is 4. The molecule has 0 radical (unpaired) electrons. The van der Waals surface area contributed by atoms with Crippen molar-refractivity contribution < 1.29 is 5.11 Å². The lowest BCUT2D eigenvalue weighted by atomic mass is 9.96. The topological polar surface area (TPSA) is 61.6 Å². The Morgan fingerprint density at radius 2 is 1.73 bits per heavy atom. The Kier molecular flexibility index (Phi) is 5.86. The first-order valence-electron chi connectivity index (χ1n) is 10.5. The summed E-state index contributed by atoms with van der Waals surface area (Å²) < 4.78 is 1.73. The van der Waals surface area contributed by atoms with Crippen molar-refractivity contribution in [2.75, 3.05) is 31.1 Å². The van der Waals surface area contributed by atoms with Crippen LogP contribution in [-0.2, 0) is 6.54 Å². The van der Waals surface area contributed by atoms with Gasteiger partial charge in [-0.3, -0.25) is 9.69 Å². The first-order valence-corrected chi connectivity index (χ1v) is 10.5. The van der Waals surface area contributed by atoms with Gasteiger partial charge < -0.3 is 14.6 Å². The zero-order valence-electron chi connectivity index (χ0n) is 17.5. The molecule has 6 nitrogen and oxygen atoms in total. The minimum Gasteiger partial charge on any atom is -0.507 e. The summed E-state index contributed by atoms with van der Waals surface area (Å²) in [5, 5.41) is 10.8. The van der Waals surface area contributed by atoms with Gasteiger partial charge in [0, 0.05) is 44.6 Å². The quantitative estimate of drug-likeness (QED) is 0.708. The number of hydrogen-bond acceptors (Lipinski definition) is 5. The van der Waals surface area contributed by atoms with Crippen LogP contribution in [-0.4, -0.2) is 45.7 Å². The molecule has 1 saturated heterocycles. The van der Waals surface area contributed by atoms with Crippen LogP contribution in [0.1, 0.15) is 29.8 Å². The molecular formula is C24H28N4O2. The molecule has 0 saturated carbocycles. The second-order valence-electron chi connectivity index (χ2n) is 7.66. The second kappa shape index (κ2) is 8.71. The van der Waals surface area contributed by atoms with Crippen LogP contribution in [0.15, 0.2) is 65.6 Å². The van der Waals surface area contributed by atoms with Gasteiger partial charge in [0.15, 0.2) is 0 Å². The zero-order valence-corrected chi connectivity index (χ0v) is 17.5. The molecule has 0 bridgehead atoms. The average molecular weight is 405 g/mol. The third-order valence-electron chi connectivity index (χ3n) is 5.88. The Bertz CT molecular complexity index is 1040. The van der Waals surface area contributed by atoms with E-state index in [1.807, 2.05) is 68.6 Å². The number of rotatable bonds is 5. The molecule has 30 heavy (non-hydrogen) atoms. The van der Waals surface area contributed by atoms with E-state index in [1.54, 1.807) is 10.6 Å². The average Bonchev–Trinajstić information content (AvgIpc) is 2.78. The summed E-state index contributed by atoms with van der Waals surface area (Å²) in [4.78, 5) is 22.4. The van der Waals surface area contributed by atoms with Crippen LogP contribution in [0.25, 0.3) is 0 Å². The van der Waals surface area contributed by atoms with E-state index in [4.69, 9.17) is 0 Å². The third kappa shape index (κ3) is 3.83. The molecule has 3 aromatic rings. The van der Waals surface area contributed by atoms with Crippen LogP contribution in [0, 0.1) is 6.92 Å². The third-order valence-corrected chi connectivity index (χ3v) is 5.88. The Labute approximate surface area is 177 Å². The first-order chi connectivity index (χ1) is 14.6. The van der Waals surface area contributed by atoms with Gasteiger partial charge in [0.25, 0.3) is 5.56 Å². The predicted molar refractivity (Wildman–Crippen MR) is 119 cm³/mol. The number of aromatic hydroxyl groups is 1. The van der Waals surface area contributed by atoms with Gasteiger partial charge >= 0.3 is 0 Å². The second-order valence-corrected chi connectivity index (χ2v) is 7.66. The smallest absolute Gasteiger partial charge is 0.259 e. The van der Waals surface area contributed by atoms with Gasteiger partial charge in [0.1, 0.15) is 11.6 Å². The molecule has 1 aliphatic rings. The lowest BCUT2D eigenvalue weighted by Gasteiger charge is -2.40. The van der Waals surface area contributed by atoms with E-state index < -0.39 is 0 Å². The number of benzene rings is 1. The summed E-state index contributed by atoms with van der Waals surface area (Å²) in [5.41, 5.74) is 2.13. The number of anilines is 1. The summed E-state index contributed by atoms with van der Waals surface area (Å²) in [6, 6.07) is 17.4. The molecule has 0 amide bonds. The van der Waals surface area contributed by atoms with E-state index in [2.05, 4.69) is 14.8 Å². The van der Waals surface area contributed by atoms with E-state index in [0.29, 0.717) is 12.1 Å². The highest BCUT2D eigenvalue weighted by molar-refractivity contribution is 5.42. The highest BCUT2D eigenvalue weighted by Crippen LogP contribution is 2.33. The summed E-state index contributed by atoms with van der Waals surface area (Å²) in [6.07, 6.45) is 1.81. The van der Waals surface area contributed by atoms with Crippen molar-refractivity contribution in [3.8, 4) is 5.75 Å². The van der Waals surface area contributed by atoms with Gasteiger partial charge in [-0.2, -0.15) is 0 Å². The summed E-state index contributed by atoms with van der Waals surface area (Å²) in [6.45, 7) is 7.57. The normalized spacial score (nSPS) is 15.9. The zero-order chi connectivity index (χ0) is 21.1. The minimum atomic E-state index is -0.289. The van der Waals surface area contributed by atoms with Gasteiger partial charge in [-0.25, -0.2) is 4.98 Å². The fourth-order valence-corrected chi connectivity index (χ4v) is 4.36. The summed E-state index contributed by atoms with van der Waals surface area (Å²) in [5.74, 6) is 1.04. The summed E-state index contributed by atoms with van der Waals surface area (Å²) in [7, 11) is 0. The van der Waals surface area contributed by atoms with Gasteiger partial charge in [0.2, 0.25) is 0 Å². The number of aromatic nitrogens is 2. The van der Waals surface area contributed by atoms with Crippen molar-refractivity contribution >= 4 is 5.82 Å². The van der Waals surface area contributed by atoms with Crippen molar-refractivity contribution in [3.63, 3.8) is 0 Å². The molecule has 0 spiro atoms. The van der Waals surface area contributed by atoms with Crippen molar-refractivity contribution in [2.24, 2.45) is 0 Å². The Morgan fingerprint density at radius 3 is 2.37 bits per heavy atom. The monoisotopic (exact) mass is 404 g/mol. The molecule has 1 fully saturated rings. The highest BCUT2D eigenvalue weighted by Gasteiger charge is 2.31. The molecule has 2 aromatic heterocycles. The number of hydrogen-bond donors (Lipinski definition) is 1. The maximum Gasteiger partial charge on any atom is 0.259 e. The van der Waals surface area contributed by atoms with Gasteiger partial charge in [-0.15, -0.1) is 0 Å². The van der Waals surface area contributed by atoms with Crippen molar-refractivity contribution in [3.05, 3.63) is 88.0 Å². The van der Waals surface area contributed by atoms with Gasteiger partial charge in [-0.05, 0) is 37.6 Å². The Hall–Kier alpha value is -3.12. The highest BCUT2D eigenvalue weighted by atomic mass is 16.3. The fourth-order valence-electron chi connectivity index (χ4n) is 4.36. The molecule has 1 aliphatic heterocycles. The number of aryl methyl sites for hydroxylation is 1. The molecule has 0 aliphatic carbocycles. The minimum absolute atomic E-state index is 0.0724. The van der Waals surface area contributed by atoms with E-state index in [1.165, 1.54) is 0 Å². The van der Waals surface area contributed by atoms with Crippen LogP contribution >= 0.6 is 0 Å². The van der Waals surface area contributed by atoms with Crippen LogP contribution < -0.4 is 10.5 Å². The summed E-state index contributed by atoms with van der Waals surface area (Å²) >= 11 is 0. The SMILES string of the molecule is CCn1c(C)cc(O)c([C@@H](c2ccccc2)N2CCN(c3ccccn3)CC2)c1=O. The molecule has 4 rings (SSSR count). The Morgan fingerprint density at radius 1 is 1.03 bits per heavy atom. The van der Waals surface area contributed by atoms with Crippen LogP contribution in [0.4, 0.5) is 5.82 Å². The maximum atomic E-state index is 13.3. The molecule has 3 heterocycles. The Balaban J connectivity index is 1.71. The molecule has 1 N–H and O–H groups in total. The largest absolute Gasteiger partial charge is 0.507 e. The molecule has 6 heteroatoms. The standard InChI is InChI=1S/C24H28N4O2/c1-3-28-18(2)17-20(29)22(24(28)30)23(19-9-5-4-6-10-19)27-15-13-26(14-16-27)21-11-7-8-12-25-21/h4-12,17,23,29H,3,13-16H2,1-2H3/t23-/m1/s1. The van der Waals surface area contributed by atoms with Crippen LogP contribution in [0.5, 0.6) is 5.75 Å². The first kappa shape index (κ1) is 20.2. The maximum absolute atomic E-state index is 13.3. The van der Waals surface area contributed by atoms with Crippen LogP contribution in [0.3, 0.4) is 0 Å². The van der Waals surface area contributed by atoms with Crippen LogP contribution in [0.2, 0.25) is 0 Å². The van der Waals surface area contributed by atoms with Gasteiger partial charge in [0.05, 0.1) is 11.6 Å².